The fourth-order valence-electron chi connectivity index (χ4n) is 2.37. The molecule has 1 aromatic carbocycles. The van der Waals surface area contributed by atoms with Crippen LogP contribution < -0.4 is 0 Å². The van der Waals surface area contributed by atoms with E-state index in [1.807, 2.05) is 4.90 Å². The van der Waals surface area contributed by atoms with Crippen molar-refractivity contribution in [3.05, 3.63) is 29.8 Å². The van der Waals surface area contributed by atoms with E-state index in [1.165, 1.54) is 0 Å². The average Bonchev–Trinajstić information content (AvgIpc) is 2.63. The molecule has 0 aliphatic carbocycles. The van der Waals surface area contributed by atoms with E-state index in [-0.39, 0.29) is 17.7 Å². The van der Waals surface area contributed by atoms with Crippen molar-refractivity contribution in [1.82, 2.24) is 4.90 Å². The molecular weight excluding hydrogens is 250 g/mol. The number of phenols is 1. The molecule has 1 atom stereocenters. The second kappa shape index (κ2) is 6.10. The highest BCUT2D eigenvalue weighted by molar-refractivity contribution is 6.18. The molecule has 0 saturated carbocycles. The Kier molecular flexibility index (Phi) is 4.48. The lowest BCUT2D eigenvalue weighted by Gasteiger charge is -2.28. The largest absolute Gasteiger partial charge is 0.508 e. The third kappa shape index (κ3) is 2.96. The summed E-state index contributed by atoms with van der Waals surface area (Å²) in [5.74, 6) is 0.683. The quantitative estimate of drug-likeness (QED) is 0.837. The van der Waals surface area contributed by atoms with Gasteiger partial charge >= 0.3 is 0 Å². The highest BCUT2D eigenvalue weighted by Crippen LogP contribution is 2.21. The number of carbonyl (C=O) groups excluding carboxylic acids is 1. The number of aromatic hydroxyl groups is 1. The highest BCUT2D eigenvalue weighted by Gasteiger charge is 2.25. The van der Waals surface area contributed by atoms with Gasteiger partial charge in [-0.15, -0.1) is 11.6 Å². The average molecular weight is 268 g/mol. The van der Waals surface area contributed by atoms with Gasteiger partial charge in [-0.1, -0.05) is 12.8 Å². The zero-order chi connectivity index (χ0) is 13.0. The van der Waals surface area contributed by atoms with Gasteiger partial charge in [-0.05, 0) is 37.1 Å². The van der Waals surface area contributed by atoms with Crippen LogP contribution in [0.3, 0.4) is 0 Å². The van der Waals surface area contributed by atoms with E-state index in [0.717, 1.165) is 32.2 Å². The third-order valence-corrected chi connectivity index (χ3v) is 3.79. The molecule has 1 aliphatic rings. The molecule has 0 aromatic heterocycles. The molecule has 3 nitrogen and oxygen atoms in total. The van der Waals surface area contributed by atoms with Crippen molar-refractivity contribution in [1.29, 1.82) is 0 Å². The topological polar surface area (TPSA) is 40.5 Å². The molecule has 1 heterocycles. The van der Waals surface area contributed by atoms with E-state index >= 15 is 0 Å². The predicted octanol–water partition coefficient (Wildman–Crippen LogP) is 3.02. The molecule has 0 bridgehead atoms. The van der Waals surface area contributed by atoms with E-state index in [2.05, 4.69) is 0 Å². The van der Waals surface area contributed by atoms with E-state index in [4.69, 9.17) is 11.6 Å². The van der Waals surface area contributed by atoms with Gasteiger partial charge in [0.25, 0.3) is 5.91 Å². The Morgan fingerprint density at radius 2 is 2.00 bits per heavy atom. The monoisotopic (exact) mass is 267 g/mol. The maximum Gasteiger partial charge on any atom is 0.254 e. The lowest BCUT2D eigenvalue weighted by atomic mass is 10.1. The van der Waals surface area contributed by atoms with Crippen LogP contribution in [0, 0.1) is 0 Å². The fourth-order valence-corrected chi connectivity index (χ4v) is 2.70. The van der Waals surface area contributed by atoms with Crippen molar-refractivity contribution in [3.8, 4) is 5.75 Å². The normalized spacial score (nSPS) is 20.5. The van der Waals surface area contributed by atoms with Crippen LogP contribution in [0.2, 0.25) is 0 Å². The van der Waals surface area contributed by atoms with Crippen LogP contribution >= 0.6 is 11.6 Å². The molecule has 2 rings (SSSR count). The van der Waals surface area contributed by atoms with E-state index < -0.39 is 0 Å². The van der Waals surface area contributed by atoms with Crippen LogP contribution in [0.4, 0.5) is 0 Å². The molecule has 1 amide bonds. The Morgan fingerprint density at radius 3 is 2.67 bits per heavy atom. The van der Waals surface area contributed by atoms with Crippen LogP contribution in [0.15, 0.2) is 24.3 Å². The van der Waals surface area contributed by atoms with Crippen LogP contribution in [-0.4, -0.2) is 34.4 Å². The molecule has 0 radical (unpaired) electrons. The van der Waals surface area contributed by atoms with Crippen LogP contribution in [-0.2, 0) is 0 Å². The minimum absolute atomic E-state index is 0.0163. The van der Waals surface area contributed by atoms with Crippen LogP contribution in [0.1, 0.15) is 36.0 Å². The minimum atomic E-state index is 0.0163. The number of likely N-dealkylation sites (tertiary alicyclic amines) is 1. The van der Waals surface area contributed by atoms with Gasteiger partial charge < -0.3 is 10.0 Å². The molecule has 18 heavy (non-hydrogen) atoms. The standard InChI is InChI=1S/C14H18ClNO2/c15-10-12-4-2-1-3-9-16(12)14(18)11-5-7-13(17)8-6-11/h5-8,12,17H,1-4,9-10H2. The first-order valence-electron chi connectivity index (χ1n) is 6.38. The minimum Gasteiger partial charge on any atom is -0.508 e. The molecule has 1 aromatic rings. The number of amides is 1. The summed E-state index contributed by atoms with van der Waals surface area (Å²) < 4.78 is 0. The van der Waals surface area contributed by atoms with E-state index in [9.17, 15) is 9.90 Å². The SMILES string of the molecule is O=C(c1ccc(O)cc1)N1CCCCCC1CCl. The number of halogens is 1. The Bertz CT molecular complexity index is 405. The molecule has 1 saturated heterocycles. The zero-order valence-electron chi connectivity index (χ0n) is 10.3. The maximum atomic E-state index is 12.4. The summed E-state index contributed by atoms with van der Waals surface area (Å²) in [5.41, 5.74) is 0.616. The summed E-state index contributed by atoms with van der Waals surface area (Å²) in [6.45, 7) is 0.775. The van der Waals surface area contributed by atoms with Crippen molar-refractivity contribution in [2.24, 2.45) is 0 Å². The number of nitrogens with zero attached hydrogens (tertiary/aromatic N) is 1. The molecule has 4 heteroatoms. The highest BCUT2D eigenvalue weighted by atomic mass is 35.5. The van der Waals surface area contributed by atoms with E-state index in [1.54, 1.807) is 24.3 Å². The second-order valence-corrected chi connectivity index (χ2v) is 5.01. The van der Waals surface area contributed by atoms with Gasteiger partial charge in [0, 0.05) is 24.0 Å². The predicted molar refractivity (Wildman–Crippen MR) is 72.1 cm³/mol. The molecule has 1 unspecified atom stereocenters. The number of carbonyl (C=O) groups is 1. The van der Waals surface area contributed by atoms with Crippen molar-refractivity contribution in [2.45, 2.75) is 31.7 Å². The molecule has 98 valence electrons. The molecule has 1 N–H and O–H groups in total. The second-order valence-electron chi connectivity index (χ2n) is 4.70. The van der Waals surface area contributed by atoms with Gasteiger partial charge in [-0.2, -0.15) is 0 Å². The molecule has 1 fully saturated rings. The molecule has 0 spiro atoms. The first-order valence-corrected chi connectivity index (χ1v) is 6.92. The van der Waals surface area contributed by atoms with Gasteiger partial charge in [0.2, 0.25) is 0 Å². The van der Waals surface area contributed by atoms with E-state index in [0.29, 0.717) is 11.4 Å². The Morgan fingerprint density at radius 1 is 1.28 bits per heavy atom. The summed E-state index contributed by atoms with van der Waals surface area (Å²) in [4.78, 5) is 14.3. The summed E-state index contributed by atoms with van der Waals surface area (Å²) >= 11 is 5.97. The lowest BCUT2D eigenvalue weighted by molar-refractivity contribution is 0.0700. The number of alkyl halides is 1. The van der Waals surface area contributed by atoms with Gasteiger partial charge in [0.05, 0.1) is 0 Å². The fraction of sp³-hybridized carbons (Fsp3) is 0.500. The van der Waals surface area contributed by atoms with Gasteiger partial charge in [-0.3, -0.25) is 4.79 Å². The van der Waals surface area contributed by atoms with Gasteiger partial charge in [0.1, 0.15) is 5.75 Å². The lowest BCUT2D eigenvalue weighted by Crippen LogP contribution is -2.41. The third-order valence-electron chi connectivity index (χ3n) is 3.43. The first kappa shape index (κ1) is 13.2. The number of phenolic OH excluding ortho intramolecular Hbond substituents is 1. The van der Waals surface area contributed by atoms with Crippen molar-refractivity contribution < 1.29 is 9.90 Å². The van der Waals surface area contributed by atoms with Crippen LogP contribution in [0.25, 0.3) is 0 Å². The summed E-state index contributed by atoms with van der Waals surface area (Å²) in [7, 11) is 0. The summed E-state index contributed by atoms with van der Waals surface area (Å²) in [6.07, 6.45) is 4.31. The van der Waals surface area contributed by atoms with Crippen molar-refractivity contribution in [2.75, 3.05) is 12.4 Å². The van der Waals surface area contributed by atoms with Gasteiger partial charge in [-0.25, -0.2) is 0 Å². The number of hydrogen-bond acceptors (Lipinski definition) is 2. The first-order chi connectivity index (χ1) is 8.72. The van der Waals surface area contributed by atoms with Gasteiger partial charge in [0.15, 0.2) is 0 Å². The Balaban J connectivity index is 2.17. The number of hydrogen-bond donors (Lipinski definition) is 1. The maximum absolute atomic E-state index is 12.4. The van der Waals surface area contributed by atoms with Crippen molar-refractivity contribution in [3.63, 3.8) is 0 Å². The summed E-state index contributed by atoms with van der Waals surface area (Å²) in [5, 5.41) is 9.25. The zero-order valence-corrected chi connectivity index (χ0v) is 11.1. The van der Waals surface area contributed by atoms with Crippen molar-refractivity contribution >= 4 is 17.5 Å². The summed E-state index contributed by atoms with van der Waals surface area (Å²) in [6, 6.07) is 6.54. The number of rotatable bonds is 2. The van der Waals surface area contributed by atoms with Crippen LogP contribution in [0.5, 0.6) is 5.75 Å². The Labute approximate surface area is 112 Å². The smallest absolute Gasteiger partial charge is 0.254 e. The number of benzene rings is 1. The molecule has 1 aliphatic heterocycles. The molecular formula is C14H18ClNO2. The Hall–Kier alpha value is -1.22.